The Morgan fingerprint density at radius 2 is 2.10 bits per heavy atom. The minimum atomic E-state index is -0.140. The summed E-state index contributed by atoms with van der Waals surface area (Å²) in [6.45, 7) is 2.83. The zero-order valence-electron chi connectivity index (χ0n) is 12.0. The molecule has 21 heavy (non-hydrogen) atoms. The van der Waals surface area contributed by atoms with Gasteiger partial charge in [-0.25, -0.2) is 0 Å². The molecule has 2 aliphatic rings. The Kier molecular flexibility index (Phi) is 3.84. The molecule has 0 atom stereocenters. The number of rotatable bonds is 2. The van der Waals surface area contributed by atoms with Crippen LogP contribution in [0.1, 0.15) is 18.9 Å². The van der Waals surface area contributed by atoms with Crippen molar-refractivity contribution in [2.24, 2.45) is 4.99 Å². The van der Waals surface area contributed by atoms with Crippen molar-refractivity contribution in [2.75, 3.05) is 13.7 Å². The van der Waals surface area contributed by atoms with Crippen molar-refractivity contribution in [3.63, 3.8) is 0 Å². The summed E-state index contributed by atoms with van der Waals surface area (Å²) in [5.41, 5.74) is 2.88. The lowest BCUT2D eigenvalue weighted by atomic mass is 10.1. The number of amides is 1. The van der Waals surface area contributed by atoms with E-state index in [1.807, 2.05) is 42.7 Å². The van der Waals surface area contributed by atoms with Crippen LogP contribution in [0, 0.1) is 0 Å². The molecule has 0 saturated heterocycles. The SMILES string of the molecule is COc1ccc(/C=C2\CCN3C(C)=CSC3=NC2=O)cc1. The fraction of sp³-hybridized carbons (Fsp3) is 0.250. The van der Waals surface area contributed by atoms with Crippen LogP contribution in [0.25, 0.3) is 6.08 Å². The summed E-state index contributed by atoms with van der Waals surface area (Å²) in [4.78, 5) is 18.6. The van der Waals surface area contributed by atoms with E-state index in [1.54, 1.807) is 7.11 Å². The second-order valence-corrected chi connectivity index (χ2v) is 5.76. The number of hydrogen-bond donors (Lipinski definition) is 0. The molecule has 4 nitrogen and oxygen atoms in total. The normalized spacial score (nSPS) is 20.0. The van der Waals surface area contributed by atoms with Crippen molar-refractivity contribution in [2.45, 2.75) is 13.3 Å². The first kappa shape index (κ1) is 13.9. The van der Waals surface area contributed by atoms with Gasteiger partial charge in [0, 0.05) is 17.8 Å². The van der Waals surface area contributed by atoms with E-state index < -0.39 is 0 Å². The third-order valence-corrected chi connectivity index (χ3v) is 4.51. The predicted molar refractivity (Wildman–Crippen MR) is 86.1 cm³/mol. The van der Waals surface area contributed by atoms with Crippen LogP contribution in [-0.4, -0.2) is 29.6 Å². The van der Waals surface area contributed by atoms with Gasteiger partial charge in [-0.2, -0.15) is 4.99 Å². The topological polar surface area (TPSA) is 41.9 Å². The summed E-state index contributed by atoms with van der Waals surface area (Å²) in [6.07, 6.45) is 2.61. The van der Waals surface area contributed by atoms with Crippen LogP contribution in [0.2, 0.25) is 0 Å². The van der Waals surface area contributed by atoms with Crippen molar-refractivity contribution in [3.05, 3.63) is 46.5 Å². The predicted octanol–water partition coefficient (Wildman–Crippen LogP) is 3.28. The molecule has 2 heterocycles. The van der Waals surface area contributed by atoms with E-state index in [2.05, 4.69) is 9.89 Å². The Hall–Kier alpha value is -2.01. The number of hydrogen-bond acceptors (Lipinski definition) is 4. The molecule has 3 rings (SSSR count). The molecule has 1 aromatic carbocycles. The third kappa shape index (κ3) is 2.88. The van der Waals surface area contributed by atoms with Gasteiger partial charge in [0.2, 0.25) is 0 Å². The molecule has 1 aromatic rings. The Balaban J connectivity index is 1.84. The van der Waals surface area contributed by atoms with Gasteiger partial charge in [0.05, 0.1) is 7.11 Å². The second kappa shape index (κ2) is 5.77. The van der Waals surface area contributed by atoms with Crippen molar-refractivity contribution >= 4 is 28.9 Å². The molecule has 0 aliphatic carbocycles. The van der Waals surface area contributed by atoms with Crippen molar-refractivity contribution in [3.8, 4) is 5.75 Å². The van der Waals surface area contributed by atoms with E-state index >= 15 is 0 Å². The van der Waals surface area contributed by atoms with Crippen molar-refractivity contribution < 1.29 is 9.53 Å². The number of benzene rings is 1. The summed E-state index contributed by atoms with van der Waals surface area (Å²) < 4.78 is 5.14. The molecule has 108 valence electrons. The number of aliphatic imine (C=N–C) groups is 1. The smallest absolute Gasteiger partial charge is 0.275 e. The quantitative estimate of drug-likeness (QED) is 0.786. The number of methoxy groups -OCH3 is 1. The molecule has 0 saturated carbocycles. The van der Waals surface area contributed by atoms with E-state index in [1.165, 1.54) is 11.8 Å². The molecule has 0 bridgehead atoms. The first-order chi connectivity index (χ1) is 10.2. The van der Waals surface area contributed by atoms with E-state index in [-0.39, 0.29) is 5.91 Å². The molecule has 0 N–H and O–H groups in total. The number of thioether (sulfide) groups is 1. The summed E-state index contributed by atoms with van der Waals surface area (Å²) in [6, 6.07) is 7.66. The van der Waals surface area contributed by atoms with Gasteiger partial charge in [-0.15, -0.1) is 0 Å². The highest BCUT2D eigenvalue weighted by molar-refractivity contribution is 8.16. The fourth-order valence-electron chi connectivity index (χ4n) is 2.31. The van der Waals surface area contributed by atoms with Crippen molar-refractivity contribution in [1.29, 1.82) is 0 Å². The highest BCUT2D eigenvalue weighted by Crippen LogP contribution is 2.29. The lowest BCUT2D eigenvalue weighted by Gasteiger charge is -2.17. The number of carbonyl (C=O) groups excluding carboxylic acids is 1. The van der Waals surface area contributed by atoms with E-state index in [0.29, 0.717) is 6.42 Å². The Morgan fingerprint density at radius 1 is 1.33 bits per heavy atom. The van der Waals surface area contributed by atoms with Gasteiger partial charge in [-0.05, 0) is 42.5 Å². The maximum Gasteiger partial charge on any atom is 0.275 e. The number of ether oxygens (including phenoxy) is 1. The highest BCUT2D eigenvalue weighted by Gasteiger charge is 2.25. The maximum absolute atomic E-state index is 12.2. The Bertz CT molecular complexity index is 659. The standard InChI is InChI=1S/C16H16N2O2S/c1-11-10-21-16-17-15(19)13(7-8-18(11)16)9-12-3-5-14(20-2)6-4-12/h3-6,9-10H,7-8H2,1-2H3/b13-9+. The van der Waals surface area contributed by atoms with Crippen LogP contribution in [0.15, 0.2) is 45.9 Å². The first-order valence-electron chi connectivity index (χ1n) is 6.76. The molecule has 0 unspecified atom stereocenters. The fourth-order valence-corrected chi connectivity index (χ4v) is 3.21. The van der Waals surface area contributed by atoms with Crippen LogP contribution in [0.4, 0.5) is 0 Å². The van der Waals surface area contributed by atoms with Crippen LogP contribution in [0.5, 0.6) is 5.75 Å². The minimum absolute atomic E-state index is 0.140. The highest BCUT2D eigenvalue weighted by atomic mass is 32.2. The first-order valence-corrected chi connectivity index (χ1v) is 7.64. The van der Waals surface area contributed by atoms with Crippen LogP contribution in [-0.2, 0) is 4.79 Å². The number of carbonyl (C=O) groups is 1. The van der Waals surface area contributed by atoms with E-state index in [9.17, 15) is 4.79 Å². The third-order valence-electron chi connectivity index (χ3n) is 3.52. The molecule has 0 aromatic heterocycles. The zero-order chi connectivity index (χ0) is 14.8. The monoisotopic (exact) mass is 300 g/mol. The average molecular weight is 300 g/mol. The molecule has 0 radical (unpaired) electrons. The van der Waals surface area contributed by atoms with E-state index in [0.717, 1.165) is 34.3 Å². The molecule has 0 spiro atoms. The van der Waals surface area contributed by atoms with Crippen LogP contribution in [0.3, 0.4) is 0 Å². The average Bonchev–Trinajstić information content (AvgIpc) is 2.75. The molecular weight excluding hydrogens is 284 g/mol. The van der Waals surface area contributed by atoms with Gasteiger partial charge < -0.3 is 9.64 Å². The van der Waals surface area contributed by atoms with Crippen LogP contribution >= 0.6 is 11.8 Å². The zero-order valence-corrected chi connectivity index (χ0v) is 12.8. The lowest BCUT2D eigenvalue weighted by molar-refractivity contribution is -0.114. The van der Waals surface area contributed by atoms with Gasteiger partial charge >= 0.3 is 0 Å². The van der Waals surface area contributed by atoms with Gasteiger partial charge in [0.25, 0.3) is 5.91 Å². The molecular formula is C16H16N2O2S. The number of allylic oxidation sites excluding steroid dienone is 1. The van der Waals surface area contributed by atoms with Gasteiger partial charge in [0.15, 0.2) is 5.17 Å². The Morgan fingerprint density at radius 3 is 2.81 bits per heavy atom. The summed E-state index contributed by atoms with van der Waals surface area (Å²) >= 11 is 1.51. The van der Waals surface area contributed by atoms with Crippen molar-refractivity contribution in [1.82, 2.24) is 4.90 Å². The molecule has 2 aliphatic heterocycles. The summed E-state index contributed by atoms with van der Waals surface area (Å²) in [7, 11) is 1.64. The number of nitrogens with zero attached hydrogens (tertiary/aromatic N) is 2. The molecule has 1 amide bonds. The summed E-state index contributed by atoms with van der Waals surface area (Å²) in [5.74, 6) is 0.668. The lowest BCUT2D eigenvalue weighted by Crippen LogP contribution is -2.22. The Labute approximate surface area is 128 Å². The maximum atomic E-state index is 12.2. The number of amidine groups is 1. The second-order valence-electron chi connectivity index (χ2n) is 4.92. The molecule has 5 heteroatoms. The number of fused-ring (bicyclic) bond motifs is 1. The minimum Gasteiger partial charge on any atom is -0.497 e. The summed E-state index contributed by atoms with van der Waals surface area (Å²) in [5, 5.41) is 2.82. The largest absolute Gasteiger partial charge is 0.497 e. The molecule has 0 fully saturated rings. The van der Waals surface area contributed by atoms with Crippen LogP contribution < -0.4 is 4.74 Å². The van der Waals surface area contributed by atoms with E-state index in [4.69, 9.17) is 4.74 Å². The van der Waals surface area contributed by atoms with Gasteiger partial charge in [-0.1, -0.05) is 23.9 Å². The van der Waals surface area contributed by atoms with Gasteiger partial charge in [0.1, 0.15) is 5.75 Å². The van der Waals surface area contributed by atoms with Gasteiger partial charge in [-0.3, -0.25) is 4.79 Å².